The maximum atomic E-state index is 5.60. The zero-order chi connectivity index (χ0) is 10.7. The van der Waals surface area contributed by atoms with Crippen LogP contribution in [0, 0.1) is 0 Å². The van der Waals surface area contributed by atoms with E-state index in [0.717, 1.165) is 12.6 Å². The number of ether oxygens (including phenoxy) is 1. The first-order valence-corrected chi connectivity index (χ1v) is 6.32. The van der Waals surface area contributed by atoms with Gasteiger partial charge in [-0.2, -0.15) is 0 Å². The van der Waals surface area contributed by atoms with E-state index in [9.17, 15) is 0 Å². The monoisotopic (exact) mass is 212 g/mol. The molecule has 0 spiro atoms. The largest absolute Gasteiger partial charge is 0.377 e. The molecule has 88 valence electrons. The molecule has 2 saturated heterocycles. The Bertz CT molecular complexity index is 192. The van der Waals surface area contributed by atoms with E-state index in [-0.39, 0.29) is 0 Å². The van der Waals surface area contributed by atoms with Crippen molar-refractivity contribution in [3.63, 3.8) is 0 Å². The van der Waals surface area contributed by atoms with Gasteiger partial charge >= 0.3 is 0 Å². The van der Waals surface area contributed by atoms with E-state index in [1.165, 1.54) is 38.8 Å². The Hall–Kier alpha value is -0.120. The summed E-state index contributed by atoms with van der Waals surface area (Å²) in [5.41, 5.74) is 0. The van der Waals surface area contributed by atoms with Gasteiger partial charge in [0.25, 0.3) is 0 Å². The minimum Gasteiger partial charge on any atom is -0.377 e. The highest BCUT2D eigenvalue weighted by Gasteiger charge is 2.28. The van der Waals surface area contributed by atoms with Crippen LogP contribution >= 0.6 is 0 Å². The van der Waals surface area contributed by atoms with Crippen molar-refractivity contribution in [2.24, 2.45) is 0 Å². The molecule has 0 amide bonds. The fourth-order valence-electron chi connectivity index (χ4n) is 2.83. The van der Waals surface area contributed by atoms with E-state index in [1.54, 1.807) is 0 Å². The number of nitrogens with zero attached hydrogens (tertiary/aromatic N) is 1. The molecule has 3 nitrogen and oxygen atoms in total. The Morgan fingerprint density at radius 3 is 2.87 bits per heavy atom. The summed E-state index contributed by atoms with van der Waals surface area (Å²) < 4.78 is 5.60. The molecular weight excluding hydrogens is 188 g/mol. The highest BCUT2D eigenvalue weighted by atomic mass is 16.5. The van der Waals surface area contributed by atoms with Crippen LogP contribution in [0.5, 0.6) is 0 Å². The summed E-state index contributed by atoms with van der Waals surface area (Å²) in [6, 6.07) is 1.41. The van der Waals surface area contributed by atoms with Crippen molar-refractivity contribution in [3.05, 3.63) is 0 Å². The van der Waals surface area contributed by atoms with E-state index in [1.807, 2.05) is 0 Å². The molecule has 3 atom stereocenters. The summed E-state index contributed by atoms with van der Waals surface area (Å²) in [6.07, 6.45) is 5.64. The lowest BCUT2D eigenvalue weighted by Gasteiger charge is -2.27. The Morgan fingerprint density at radius 1 is 1.40 bits per heavy atom. The van der Waals surface area contributed by atoms with Gasteiger partial charge in [-0.3, -0.25) is 0 Å². The van der Waals surface area contributed by atoms with E-state index >= 15 is 0 Å². The summed E-state index contributed by atoms with van der Waals surface area (Å²) in [4.78, 5) is 2.48. The summed E-state index contributed by atoms with van der Waals surface area (Å²) in [7, 11) is 2.24. The first-order valence-electron chi connectivity index (χ1n) is 6.32. The van der Waals surface area contributed by atoms with Crippen molar-refractivity contribution < 1.29 is 4.74 Å². The molecule has 1 N–H and O–H groups in total. The smallest absolute Gasteiger partial charge is 0.0702 e. The third kappa shape index (κ3) is 2.92. The van der Waals surface area contributed by atoms with Crippen LogP contribution in [0.1, 0.15) is 32.6 Å². The third-order valence-corrected chi connectivity index (χ3v) is 3.90. The maximum absolute atomic E-state index is 5.60. The first kappa shape index (κ1) is 11.4. The van der Waals surface area contributed by atoms with Crippen molar-refractivity contribution in [1.29, 1.82) is 0 Å². The minimum atomic E-state index is 0.423. The van der Waals surface area contributed by atoms with Crippen molar-refractivity contribution in [2.75, 3.05) is 26.7 Å². The zero-order valence-electron chi connectivity index (χ0n) is 10.0. The highest BCUT2D eigenvalue weighted by Crippen LogP contribution is 2.19. The number of hydrogen-bond donors (Lipinski definition) is 1. The second kappa shape index (κ2) is 5.28. The van der Waals surface area contributed by atoms with Crippen LogP contribution in [0.3, 0.4) is 0 Å². The van der Waals surface area contributed by atoms with Crippen LogP contribution in [0.25, 0.3) is 0 Å². The average molecular weight is 212 g/mol. The lowest BCUT2D eigenvalue weighted by Crippen LogP contribution is -2.39. The molecule has 2 fully saturated rings. The van der Waals surface area contributed by atoms with Gasteiger partial charge in [0, 0.05) is 18.7 Å². The molecule has 0 aliphatic carbocycles. The Labute approximate surface area is 93.2 Å². The summed E-state index contributed by atoms with van der Waals surface area (Å²) in [6.45, 7) is 5.56. The molecule has 2 aliphatic heterocycles. The van der Waals surface area contributed by atoms with Crippen LogP contribution in [-0.4, -0.2) is 49.8 Å². The normalized spacial score (nSPS) is 36.6. The third-order valence-electron chi connectivity index (χ3n) is 3.90. The second-order valence-electron chi connectivity index (χ2n) is 4.99. The van der Waals surface area contributed by atoms with Gasteiger partial charge in [0.2, 0.25) is 0 Å². The van der Waals surface area contributed by atoms with Crippen molar-refractivity contribution in [3.8, 4) is 0 Å². The molecule has 2 rings (SSSR count). The van der Waals surface area contributed by atoms with Crippen molar-refractivity contribution in [1.82, 2.24) is 10.2 Å². The predicted octanol–water partition coefficient (Wildman–Crippen LogP) is 1.24. The topological polar surface area (TPSA) is 24.5 Å². The number of hydrogen-bond acceptors (Lipinski definition) is 3. The average Bonchev–Trinajstić information content (AvgIpc) is 2.84. The Morgan fingerprint density at radius 2 is 2.27 bits per heavy atom. The van der Waals surface area contributed by atoms with E-state index < -0.39 is 0 Å². The van der Waals surface area contributed by atoms with Gasteiger partial charge in [0.15, 0.2) is 0 Å². The van der Waals surface area contributed by atoms with Gasteiger partial charge in [-0.15, -0.1) is 0 Å². The molecule has 2 aliphatic rings. The Kier molecular flexibility index (Phi) is 4.00. The standard InChI is InChI=1S/C12H24N2O/c1-10-12(6-9-15-10)14(2)8-5-11-4-3-7-13-11/h10-13H,3-9H2,1-2H3. The molecule has 0 aromatic heterocycles. The van der Waals surface area contributed by atoms with E-state index in [4.69, 9.17) is 4.74 Å². The maximum Gasteiger partial charge on any atom is 0.0702 e. The molecule has 0 bridgehead atoms. The summed E-state index contributed by atoms with van der Waals surface area (Å²) in [5, 5.41) is 3.56. The lowest BCUT2D eigenvalue weighted by atomic mass is 10.1. The van der Waals surface area contributed by atoms with Gasteiger partial charge < -0.3 is 15.0 Å². The van der Waals surface area contributed by atoms with Crippen molar-refractivity contribution >= 4 is 0 Å². The van der Waals surface area contributed by atoms with Crippen LogP contribution in [0.2, 0.25) is 0 Å². The van der Waals surface area contributed by atoms with Crippen molar-refractivity contribution in [2.45, 2.75) is 50.8 Å². The van der Waals surface area contributed by atoms with Crippen LogP contribution in [-0.2, 0) is 4.74 Å². The quantitative estimate of drug-likeness (QED) is 0.759. The van der Waals surface area contributed by atoms with Gasteiger partial charge in [-0.05, 0) is 52.7 Å². The molecule has 0 aromatic rings. The lowest BCUT2D eigenvalue weighted by molar-refractivity contribution is 0.0825. The van der Waals surface area contributed by atoms with Crippen LogP contribution in [0.4, 0.5) is 0 Å². The molecule has 0 saturated carbocycles. The molecule has 2 heterocycles. The van der Waals surface area contributed by atoms with Gasteiger partial charge in [0.05, 0.1) is 6.10 Å². The Balaban J connectivity index is 1.69. The molecular formula is C12H24N2O. The molecule has 0 radical (unpaired) electrons. The zero-order valence-corrected chi connectivity index (χ0v) is 10.0. The highest BCUT2D eigenvalue weighted by molar-refractivity contribution is 4.82. The van der Waals surface area contributed by atoms with E-state index in [0.29, 0.717) is 12.1 Å². The number of rotatable bonds is 4. The molecule has 3 unspecified atom stereocenters. The summed E-state index contributed by atoms with van der Waals surface area (Å²) >= 11 is 0. The van der Waals surface area contributed by atoms with Gasteiger partial charge in [-0.1, -0.05) is 0 Å². The SMILES string of the molecule is CC1OCCC1N(C)CCC1CCCN1. The van der Waals surface area contributed by atoms with Gasteiger partial charge in [-0.25, -0.2) is 0 Å². The second-order valence-corrected chi connectivity index (χ2v) is 4.99. The fourth-order valence-corrected chi connectivity index (χ4v) is 2.83. The predicted molar refractivity (Wildman–Crippen MR) is 62.1 cm³/mol. The first-order chi connectivity index (χ1) is 7.27. The van der Waals surface area contributed by atoms with Crippen LogP contribution < -0.4 is 5.32 Å². The molecule has 0 aromatic carbocycles. The van der Waals surface area contributed by atoms with Crippen LogP contribution in [0.15, 0.2) is 0 Å². The van der Waals surface area contributed by atoms with E-state index in [2.05, 4.69) is 24.2 Å². The number of nitrogens with one attached hydrogen (secondary N) is 1. The minimum absolute atomic E-state index is 0.423. The summed E-state index contributed by atoms with van der Waals surface area (Å²) in [5.74, 6) is 0. The molecule has 15 heavy (non-hydrogen) atoms. The fraction of sp³-hybridized carbons (Fsp3) is 1.00. The van der Waals surface area contributed by atoms with Gasteiger partial charge in [0.1, 0.15) is 0 Å². The number of likely N-dealkylation sites (N-methyl/N-ethyl adjacent to an activating group) is 1. The molecule has 3 heteroatoms.